The minimum Gasteiger partial charge on any atom is -0.406 e. The number of fused-ring (bicyclic) bond motifs is 3. The molecule has 0 bridgehead atoms. The predicted octanol–water partition coefficient (Wildman–Crippen LogP) is 8.93. The van der Waals surface area contributed by atoms with Crippen molar-refractivity contribution in [2.24, 2.45) is 0 Å². The zero-order chi connectivity index (χ0) is 32.8. The first kappa shape index (κ1) is 33.4. The van der Waals surface area contributed by atoms with Gasteiger partial charge in [0.05, 0.1) is 6.10 Å². The van der Waals surface area contributed by atoms with Gasteiger partial charge in [-0.25, -0.2) is 0 Å². The number of benzene rings is 4. The molecule has 4 aliphatic rings. The summed E-state index contributed by atoms with van der Waals surface area (Å²) in [5.41, 5.74) is 9.57. The van der Waals surface area contributed by atoms with Crippen molar-refractivity contribution in [1.82, 2.24) is 4.81 Å². The van der Waals surface area contributed by atoms with Crippen LogP contribution in [0.1, 0.15) is 108 Å². The molecule has 4 nitrogen and oxygen atoms in total. The summed E-state index contributed by atoms with van der Waals surface area (Å²) in [7, 11) is 0.179. The van der Waals surface area contributed by atoms with Gasteiger partial charge in [0, 0.05) is 18.0 Å². The molecule has 0 radical (unpaired) electrons. The maximum absolute atomic E-state index is 11.6. The molecule has 0 saturated carbocycles. The number of Topliss-reactive ketones (excluding diaryl/α,β-unsaturated/α-hetero) is 1. The molecule has 2 aliphatic carbocycles. The van der Waals surface area contributed by atoms with Crippen molar-refractivity contribution >= 4 is 12.8 Å². The lowest BCUT2D eigenvalue weighted by molar-refractivity contribution is 0.0972. The molecular weight excluding hydrogens is 577 g/mol. The van der Waals surface area contributed by atoms with Crippen molar-refractivity contribution < 1.29 is 14.6 Å². The van der Waals surface area contributed by atoms with Crippen LogP contribution in [-0.2, 0) is 35.9 Å². The SMILES string of the molecule is CB1OC(c2ccccc2)(c2ccccc2)[C@@H]2CCCN12.CCc1ccc2c(c1)C(=O)CCC2.CCc1ccc2c(c1)[C@H](O)CCC2. The maximum atomic E-state index is 11.6. The van der Waals surface area contributed by atoms with Crippen LogP contribution >= 0.6 is 0 Å². The Hall–Kier alpha value is -3.51. The molecule has 0 amide bonds. The topological polar surface area (TPSA) is 49.8 Å². The number of nitrogens with zero attached hydrogens (tertiary/aromatic N) is 1. The average Bonchev–Trinajstić information content (AvgIpc) is 3.73. The largest absolute Gasteiger partial charge is 0.406 e. The predicted molar refractivity (Wildman–Crippen MR) is 193 cm³/mol. The van der Waals surface area contributed by atoms with Gasteiger partial charge in [0.15, 0.2) is 5.78 Å². The first-order valence-electron chi connectivity index (χ1n) is 17.9. The van der Waals surface area contributed by atoms with E-state index in [2.05, 4.69) is 123 Å². The van der Waals surface area contributed by atoms with Crippen molar-refractivity contribution in [3.8, 4) is 0 Å². The fourth-order valence-electron chi connectivity index (χ4n) is 8.07. The number of aliphatic hydroxyl groups is 1. The number of aliphatic hydroxyl groups excluding tert-OH is 1. The molecule has 8 rings (SSSR count). The molecule has 4 aromatic rings. The number of ketones is 1. The van der Waals surface area contributed by atoms with Crippen LogP contribution in [0.4, 0.5) is 0 Å². The van der Waals surface area contributed by atoms with E-state index in [0.29, 0.717) is 11.8 Å². The van der Waals surface area contributed by atoms with Gasteiger partial charge in [0.1, 0.15) is 5.60 Å². The first-order valence-corrected chi connectivity index (χ1v) is 17.9. The van der Waals surface area contributed by atoms with E-state index in [1.807, 2.05) is 0 Å². The molecular formula is C42H50BNO3. The van der Waals surface area contributed by atoms with Crippen molar-refractivity contribution in [3.63, 3.8) is 0 Å². The standard InChI is InChI=1S/C18H20BNO.C12H16O.C12H14O/c1-19-20-14-8-13-17(20)18(21-19,15-9-4-2-5-10-15)16-11-6-3-7-12-16;2*1-2-9-6-7-10-4-3-5-12(13)11(10)8-9/h2-7,9-12,17H,8,13-14H2,1H3;6-8,12-13H,2-5H2,1H3;6-8H,2-5H2,1H3/t17-;12-;/m01./s1. The number of rotatable bonds is 4. The number of aryl methyl sites for hydroxylation is 4. The normalized spacial score (nSPS) is 21.0. The van der Waals surface area contributed by atoms with Gasteiger partial charge in [-0.15, -0.1) is 0 Å². The van der Waals surface area contributed by atoms with Gasteiger partial charge >= 0.3 is 7.05 Å². The first-order chi connectivity index (χ1) is 22.9. The van der Waals surface area contributed by atoms with Gasteiger partial charge in [-0.3, -0.25) is 4.79 Å². The Labute approximate surface area is 282 Å². The van der Waals surface area contributed by atoms with Crippen molar-refractivity contribution in [1.29, 1.82) is 0 Å². The molecule has 1 N–H and O–H groups in total. The second-order valence-corrected chi connectivity index (χ2v) is 13.5. The van der Waals surface area contributed by atoms with Crippen LogP contribution in [-0.4, -0.2) is 35.3 Å². The summed E-state index contributed by atoms with van der Waals surface area (Å²) < 4.78 is 6.61. The molecule has 5 heteroatoms. The smallest absolute Gasteiger partial charge is 0.380 e. The Bertz CT molecular complexity index is 1600. The Morgan fingerprint density at radius 3 is 2.04 bits per heavy atom. The quantitative estimate of drug-likeness (QED) is 0.230. The lowest BCUT2D eigenvalue weighted by atomic mass is 9.79. The average molecular weight is 628 g/mol. The zero-order valence-electron chi connectivity index (χ0n) is 28.5. The lowest BCUT2D eigenvalue weighted by Crippen LogP contribution is -2.41. The molecule has 2 heterocycles. The van der Waals surface area contributed by atoms with Gasteiger partial charge in [0.2, 0.25) is 0 Å². The molecule has 2 saturated heterocycles. The third kappa shape index (κ3) is 7.04. The van der Waals surface area contributed by atoms with Gasteiger partial charge in [0.25, 0.3) is 0 Å². The van der Waals surface area contributed by atoms with Crippen molar-refractivity contribution in [3.05, 3.63) is 142 Å². The second-order valence-electron chi connectivity index (χ2n) is 13.5. The maximum Gasteiger partial charge on any atom is 0.380 e. The highest BCUT2D eigenvalue weighted by atomic mass is 16.5. The summed E-state index contributed by atoms with van der Waals surface area (Å²) >= 11 is 0. The molecule has 0 unspecified atom stereocenters. The lowest BCUT2D eigenvalue weighted by Gasteiger charge is -2.36. The van der Waals surface area contributed by atoms with Gasteiger partial charge in [-0.05, 0) is 116 Å². The van der Waals surface area contributed by atoms with Crippen LogP contribution in [0.15, 0.2) is 97.1 Å². The van der Waals surface area contributed by atoms with Gasteiger partial charge < -0.3 is 14.6 Å². The van der Waals surface area contributed by atoms with Crippen LogP contribution in [0.25, 0.3) is 0 Å². The summed E-state index contributed by atoms with van der Waals surface area (Å²) in [5, 5.41) is 9.78. The molecule has 47 heavy (non-hydrogen) atoms. The third-order valence-electron chi connectivity index (χ3n) is 10.6. The highest BCUT2D eigenvalue weighted by molar-refractivity contribution is 6.48. The van der Waals surface area contributed by atoms with Crippen LogP contribution in [0.2, 0.25) is 6.82 Å². The van der Waals surface area contributed by atoms with E-state index in [9.17, 15) is 9.90 Å². The van der Waals surface area contributed by atoms with E-state index in [4.69, 9.17) is 4.65 Å². The Kier molecular flexibility index (Phi) is 10.8. The molecule has 2 aliphatic heterocycles. The highest BCUT2D eigenvalue weighted by Gasteiger charge is 2.56. The Morgan fingerprint density at radius 2 is 1.38 bits per heavy atom. The zero-order valence-corrected chi connectivity index (χ0v) is 28.5. The Balaban J connectivity index is 0.000000130. The molecule has 0 spiro atoms. The Morgan fingerprint density at radius 1 is 0.766 bits per heavy atom. The third-order valence-corrected chi connectivity index (χ3v) is 10.6. The number of carbonyl (C=O) groups excluding carboxylic acids is 1. The van der Waals surface area contributed by atoms with Crippen LogP contribution in [0.5, 0.6) is 0 Å². The molecule has 0 aromatic heterocycles. The van der Waals surface area contributed by atoms with Gasteiger partial charge in [-0.2, -0.15) is 0 Å². The van der Waals surface area contributed by atoms with E-state index in [-0.39, 0.29) is 18.8 Å². The number of hydrogen-bond donors (Lipinski definition) is 1. The minimum atomic E-state index is -0.321. The highest BCUT2D eigenvalue weighted by Crippen LogP contribution is 2.48. The van der Waals surface area contributed by atoms with Crippen LogP contribution in [0, 0.1) is 0 Å². The monoisotopic (exact) mass is 627 g/mol. The summed E-state index contributed by atoms with van der Waals surface area (Å²) in [6, 6.07) is 34.7. The molecule has 2 atom stereocenters. The summed E-state index contributed by atoms with van der Waals surface area (Å²) in [5.74, 6) is 0.330. The minimum absolute atomic E-state index is 0.179. The van der Waals surface area contributed by atoms with E-state index < -0.39 is 0 Å². The summed E-state index contributed by atoms with van der Waals surface area (Å²) in [4.78, 5) is 14.1. The van der Waals surface area contributed by atoms with Crippen molar-refractivity contribution in [2.75, 3.05) is 6.54 Å². The van der Waals surface area contributed by atoms with E-state index in [0.717, 1.165) is 63.5 Å². The summed E-state index contributed by atoms with van der Waals surface area (Å²) in [6.45, 7) is 7.60. The molecule has 2 fully saturated rings. The fraction of sp³-hybridized carbons (Fsp3) is 0.405. The number of carbonyl (C=O) groups is 1. The van der Waals surface area contributed by atoms with E-state index in [1.54, 1.807) is 0 Å². The second kappa shape index (κ2) is 15.2. The van der Waals surface area contributed by atoms with E-state index >= 15 is 0 Å². The fourth-order valence-corrected chi connectivity index (χ4v) is 8.07. The molecule has 4 aromatic carbocycles. The molecule has 244 valence electrons. The van der Waals surface area contributed by atoms with Crippen LogP contribution in [0.3, 0.4) is 0 Å². The number of hydrogen-bond acceptors (Lipinski definition) is 4. The summed E-state index contributed by atoms with van der Waals surface area (Å²) in [6.07, 6.45) is 10.3. The van der Waals surface area contributed by atoms with E-state index in [1.165, 1.54) is 51.8 Å². The van der Waals surface area contributed by atoms with Crippen molar-refractivity contribution in [2.45, 2.75) is 103 Å². The van der Waals surface area contributed by atoms with Crippen LogP contribution < -0.4 is 0 Å². The van der Waals surface area contributed by atoms with Gasteiger partial charge in [-0.1, -0.05) is 105 Å².